The SMILES string of the molecule is CCCOc1ccc(NC(=O)C(=O)N/N=C\c2cc(Br)c(OCC(=O)Nc3ccc(OCC)cc3)c(OC)c2)cc1. The first-order valence-corrected chi connectivity index (χ1v) is 13.5. The molecule has 0 atom stereocenters. The Bertz CT molecular complexity index is 1360. The number of hydrazone groups is 1. The van der Waals surface area contributed by atoms with Crippen LogP contribution in [0.2, 0.25) is 0 Å². The van der Waals surface area contributed by atoms with Gasteiger partial charge in [0.15, 0.2) is 18.1 Å². The average Bonchev–Trinajstić information content (AvgIpc) is 2.97. The molecule has 0 heterocycles. The average molecular weight is 627 g/mol. The van der Waals surface area contributed by atoms with Crippen molar-refractivity contribution in [2.45, 2.75) is 20.3 Å². The molecule has 0 aliphatic heterocycles. The van der Waals surface area contributed by atoms with Crippen LogP contribution in [-0.4, -0.2) is 50.9 Å². The number of ether oxygens (including phenoxy) is 4. The minimum absolute atomic E-state index is 0.269. The van der Waals surface area contributed by atoms with Crippen molar-refractivity contribution in [3.63, 3.8) is 0 Å². The molecule has 3 aromatic carbocycles. The van der Waals surface area contributed by atoms with Crippen LogP contribution in [0.15, 0.2) is 70.2 Å². The van der Waals surface area contributed by atoms with Crippen molar-refractivity contribution in [2.75, 3.05) is 37.6 Å². The fourth-order valence-electron chi connectivity index (χ4n) is 3.35. The number of nitrogens with one attached hydrogen (secondary N) is 3. The molecule has 3 aromatic rings. The maximum absolute atomic E-state index is 12.4. The molecule has 3 N–H and O–H groups in total. The maximum Gasteiger partial charge on any atom is 0.329 e. The molecular formula is C29H31BrN4O7. The van der Waals surface area contributed by atoms with Crippen LogP contribution in [0, 0.1) is 0 Å². The molecule has 0 aliphatic carbocycles. The topological polar surface area (TPSA) is 137 Å². The van der Waals surface area contributed by atoms with Crippen molar-refractivity contribution in [2.24, 2.45) is 5.10 Å². The Balaban J connectivity index is 1.52. The lowest BCUT2D eigenvalue weighted by Crippen LogP contribution is -2.32. The molecule has 11 nitrogen and oxygen atoms in total. The number of anilines is 2. The lowest BCUT2D eigenvalue weighted by atomic mass is 10.2. The molecule has 216 valence electrons. The minimum atomic E-state index is -0.947. The molecule has 0 bridgehead atoms. The molecule has 12 heteroatoms. The smallest absolute Gasteiger partial charge is 0.329 e. The van der Waals surface area contributed by atoms with Crippen molar-refractivity contribution < 1.29 is 33.3 Å². The highest BCUT2D eigenvalue weighted by Gasteiger charge is 2.15. The van der Waals surface area contributed by atoms with Gasteiger partial charge in [-0.2, -0.15) is 5.10 Å². The minimum Gasteiger partial charge on any atom is -0.494 e. The number of methoxy groups -OCH3 is 1. The highest BCUT2D eigenvalue weighted by Crippen LogP contribution is 2.36. The van der Waals surface area contributed by atoms with Crippen LogP contribution in [0.25, 0.3) is 0 Å². The van der Waals surface area contributed by atoms with Crippen LogP contribution >= 0.6 is 15.9 Å². The summed E-state index contributed by atoms with van der Waals surface area (Å²) in [5.41, 5.74) is 3.75. The zero-order chi connectivity index (χ0) is 29.6. The van der Waals surface area contributed by atoms with Crippen LogP contribution in [0.4, 0.5) is 11.4 Å². The molecule has 0 aliphatic rings. The first kappa shape index (κ1) is 31.0. The van der Waals surface area contributed by atoms with Gasteiger partial charge in [-0.3, -0.25) is 14.4 Å². The number of hydrogen-bond donors (Lipinski definition) is 3. The van der Waals surface area contributed by atoms with Crippen LogP contribution in [0.1, 0.15) is 25.8 Å². The van der Waals surface area contributed by atoms with Gasteiger partial charge in [-0.05, 0) is 95.5 Å². The van der Waals surface area contributed by atoms with Crippen molar-refractivity contribution in [3.8, 4) is 23.0 Å². The summed E-state index contributed by atoms with van der Waals surface area (Å²) in [7, 11) is 1.45. The Morgan fingerprint density at radius 3 is 2.10 bits per heavy atom. The quantitative estimate of drug-likeness (QED) is 0.141. The van der Waals surface area contributed by atoms with Gasteiger partial charge in [-0.15, -0.1) is 0 Å². The van der Waals surface area contributed by atoms with Gasteiger partial charge in [0.1, 0.15) is 11.5 Å². The van der Waals surface area contributed by atoms with Gasteiger partial charge in [0.25, 0.3) is 5.91 Å². The Hall–Kier alpha value is -4.58. The molecule has 0 aromatic heterocycles. The van der Waals surface area contributed by atoms with E-state index in [0.29, 0.717) is 57.6 Å². The fourth-order valence-corrected chi connectivity index (χ4v) is 3.92. The van der Waals surface area contributed by atoms with E-state index in [0.717, 1.165) is 6.42 Å². The first-order valence-electron chi connectivity index (χ1n) is 12.7. The molecule has 3 amide bonds. The molecule has 0 saturated carbocycles. The van der Waals surface area contributed by atoms with Crippen LogP contribution in [0.5, 0.6) is 23.0 Å². The van der Waals surface area contributed by atoms with E-state index in [1.807, 2.05) is 13.8 Å². The molecule has 41 heavy (non-hydrogen) atoms. The Morgan fingerprint density at radius 2 is 1.49 bits per heavy atom. The Labute approximate surface area is 246 Å². The number of nitrogens with zero attached hydrogens (tertiary/aromatic N) is 1. The van der Waals surface area contributed by atoms with Crippen LogP contribution in [-0.2, 0) is 14.4 Å². The monoisotopic (exact) mass is 626 g/mol. The second-order valence-electron chi connectivity index (χ2n) is 8.35. The third-order valence-electron chi connectivity index (χ3n) is 5.22. The molecule has 0 radical (unpaired) electrons. The van der Waals surface area contributed by atoms with E-state index in [1.54, 1.807) is 60.7 Å². The van der Waals surface area contributed by atoms with Crippen molar-refractivity contribution in [1.82, 2.24) is 5.43 Å². The van der Waals surface area contributed by atoms with Crippen LogP contribution in [0.3, 0.4) is 0 Å². The number of hydrogen-bond acceptors (Lipinski definition) is 8. The highest BCUT2D eigenvalue weighted by molar-refractivity contribution is 9.10. The lowest BCUT2D eigenvalue weighted by molar-refractivity contribution is -0.136. The molecule has 0 spiro atoms. The summed E-state index contributed by atoms with van der Waals surface area (Å²) in [6, 6.07) is 16.9. The molecule has 0 saturated heterocycles. The van der Waals surface area contributed by atoms with Crippen molar-refractivity contribution in [3.05, 3.63) is 70.7 Å². The second kappa shape index (κ2) is 15.9. The van der Waals surface area contributed by atoms with Gasteiger partial charge in [-0.25, -0.2) is 5.43 Å². The number of carbonyl (C=O) groups excluding carboxylic acids is 3. The number of benzene rings is 3. The predicted molar refractivity (Wildman–Crippen MR) is 159 cm³/mol. The highest BCUT2D eigenvalue weighted by atomic mass is 79.9. The molecule has 0 unspecified atom stereocenters. The van der Waals surface area contributed by atoms with Gasteiger partial charge in [0.2, 0.25) is 0 Å². The van der Waals surface area contributed by atoms with E-state index < -0.39 is 11.8 Å². The van der Waals surface area contributed by atoms with Gasteiger partial charge in [0.05, 0.1) is 31.0 Å². The van der Waals surface area contributed by atoms with Crippen molar-refractivity contribution >= 4 is 51.2 Å². The first-order chi connectivity index (χ1) is 19.8. The maximum atomic E-state index is 12.4. The summed E-state index contributed by atoms with van der Waals surface area (Å²) in [6.07, 6.45) is 2.21. The zero-order valence-electron chi connectivity index (χ0n) is 22.9. The molecular weight excluding hydrogens is 596 g/mol. The van der Waals surface area contributed by atoms with Gasteiger partial charge in [0, 0.05) is 11.4 Å². The van der Waals surface area contributed by atoms with E-state index >= 15 is 0 Å². The number of rotatable bonds is 13. The van der Waals surface area contributed by atoms with Crippen LogP contribution < -0.4 is 35.0 Å². The van der Waals surface area contributed by atoms with E-state index in [4.69, 9.17) is 18.9 Å². The standard InChI is InChI=1S/C29H31BrN4O7/c1-4-14-40-23-12-8-21(9-13-23)33-28(36)29(37)34-31-17-19-15-24(30)27(25(16-19)38-3)41-18-26(35)32-20-6-10-22(11-7-20)39-5-2/h6-13,15-17H,4-5,14,18H2,1-3H3,(H,32,35)(H,33,36)(H,34,37)/b31-17-. The van der Waals surface area contributed by atoms with Gasteiger partial charge in [-0.1, -0.05) is 6.92 Å². The largest absolute Gasteiger partial charge is 0.494 e. The molecule has 3 rings (SSSR count). The lowest BCUT2D eigenvalue weighted by Gasteiger charge is -2.13. The zero-order valence-corrected chi connectivity index (χ0v) is 24.4. The summed E-state index contributed by atoms with van der Waals surface area (Å²) in [5, 5.41) is 9.08. The third-order valence-corrected chi connectivity index (χ3v) is 5.81. The Kier molecular flexibility index (Phi) is 12.0. The third kappa shape index (κ3) is 9.84. The number of amides is 3. The van der Waals surface area contributed by atoms with E-state index in [-0.39, 0.29) is 12.5 Å². The second-order valence-corrected chi connectivity index (χ2v) is 9.21. The van der Waals surface area contributed by atoms with Gasteiger partial charge >= 0.3 is 11.8 Å². The summed E-state index contributed by atoms with van der Waals surface area (Å²) in [5.74, 6) is -0.181. The van der Waals surface area contributed by atoms with Gasteiger partial charge < -0.3 is 29.6 Å². The summed E-state index contributed by atoms with van der Waals surface area (Å²) >= 11 is 3.41. The summed E-state index contributed by atoms with van der Waals surface area (Å²) < 4.78 is 22.5. The van der Waals surface area contributed by atoms with Crippen molar-refractivity contribution in [1.29, 1.82) is 0 Å². The normalized spacial score (nSPS) is 10.5. The van der Waals surface area contributed by atoms with E-state index in [2.05, 4.69) is 37.1 Å². The summed E-state index contributed by atoms with van der Waals surface area (Å²) in [4.78, 5) is 36.7. The molecule has 0 fully saturated rings. The number of halogens is 1. The fraction of sp³-hybridized carbons (Fsp3) is 0.241. The predicted octanol–water partition coefficient (Wildman–Crippen LogP) is 4.75. The summed E-state index contributed by atoms with van der Waals surface area (Å²) in [6.45, 7) is 4.77. The number of carbonyl (C=O) groups is 3. The van der Waals surface area contributed by atoms with E-state index in [9.17, 15) is 14.4 Å². The van der Waals surface area contributed by atoms with E-state index in [1.165, 1.54) is 13.3 Å². The Morgan fingerprint density at radius 1 is 0.854 bits per heavy atom.